The van der Waals surface area contributed by atoms with E-state index in [1.807, 2.05) is 43.4 Å². The Labute approximate surface area is 164 Å². The Hall–Kier alpha value is -2.92. The largest absolute Gasteiger partial charge is 0.328 e. The molecule has 0 unspecified atom stereocenters. The second-order valence-corrected chi connectivity index (χ2v) is 7.97. The second kappa shape index (κ2) is 6.91. The Morgan fingerprint density at radius 1 is 1.18 bits per heavy atom. The van der Waals surface area contributed by atoms with E-state index in [1.165, 1.54) is 5.56 Å². The highest BCUT2D eigenvalue weighted by Crippen LogP contribution is 2.34. The monoisotopic (exact) mass is 374 g/mol. The van der Waals surface area contributed by atoms with E-state index in [9.17, 15) is 4.79 Å². The molecule has 3 N–H and O–H groups in total. The van der Waals surface area contributed by atoms with Crippen molar-refractivity contribution >= 4 is 44.4 Å². The molecule has 0 saturated heterocycles. The van der Waals surface area contributed by atoms with E-state index in [-0.39, 0.29) is 5.91 Å². The summed E-state index contributed by atoms with van der Waals surface area (Å²) in [6.07, 6.45) is 0.664. The highest BCUT2D eigenvalue weighted by atomic mass is 16.2. The van der Waals surface area contributed by atoms with Crippen LogP contribution in [0, 0.1) is 12.8 Å². The van der Waals surface area contributed by atoms with Crippen molar-refractivity contribution in [1.82, 2.24) is 9.55 Å². The van der Waals surface area contributed by atoms with Gasteiger partial charge in [0.05, 0.1) is 17.1 Å². The van der Waals surface area contributed by atoms with E-state index in [0.29, 0.717) is 12.3 Å². The van der Waals surface area contributed by atoms with Crippen LogP contribution in [-0.2, 0) is 11.8 Å². The standard InChI is InChI=1S/C23H26N4O/c1-13(2)11-18(24)23(28)25-15-9-10-20-17(12-15)21-14(3)16-7-5-6-8-19(16)26-22(21)27(20)4/h5-10,12-13,18H,11,24H2,1-4H3,(H,25,28)/t18-/m0/s1. The normalized spacial score (nSPS) is 12.9. The minimum absolute atomic E-state index is 0.145. The number of anilines is 1. The van der Waals surface area contributed by atoms with Gasteiger partial charge in [0.2, 0.25) is 5.91 Å². The van der Waals surface area contributed by atoms with Crippen molar-refractivity contribution in [3.8, 4) is 0 Å². The molecule has 0 aliphatic rings. The highest BCUT2D eigenvalue weighted by molar-refractivity contribution is 6.13. The van der Waals surface area contributed by atoms with Gasteiger partial charge in [-0.2, -0.15) is 0 Å². The molecule has 0 spiro atoms. The van der Waals surface area contributed by atoms with E-state index in [4.69, 9.17) is 10.7 Å². The fourth-order valence-corrected chi connectivity index (χ4v) is 4.00. The van der Waals surface area contributed by atoms with Crippen LogP contribution in [0.15, 0.2) is 42.5 Å². The molecule has 28 heavy (non-hydrogen) atoms. The van der Waals surface area contributed by atoms with Crippen LogP contribution in [0.3, 0.4) is 0 Å². The van der Waals surface area contributed by atoms with Crippen molar-refractivity contribution in [2.75, 3.05) is 5.32 Å². The Morgan fingerprint density at radius 2 is 1.93 bits per heavy atom. The average Bonchev–Trinajstić information content (AvgIpc) is 2.93. The molecule has 2 heterocycles. The Bertz CT molecular complexity index is 1210. The van der Waals surface area contributed by atoms with Gasteiger partial charge in [-0.1, -0.05) is 32.0 Å². The van der Waals surface area contributed by atoms with Crippen molar-refractivity contribution in [2.45, 2.75) is 33.2 Å². The van der Waals surface area contributed by atoms with Crippen molar-refractivity contribution in [3.63, 3.8) is 0 Å². The molecule has 0 bridgehead atoms. The minimum Gasteiger partial charge on any atom is -0.328 e. The summed E-state index contributed by atoms with van der Waals surface area (Å²) in [6, 6.07) is 13.7. The number of hydrogen-bond acceptors (Lipinski definition) is 3. The molecule has 2 aromatic heterocycles. The molecule has 144 valence electrons. The average molecular weight is 374 g/mol. The van der Waals surface area contributed by atoms with Gasteiger partial charge in [-0.15, -0.1) is 0 Å². The lowest BCUT2D eigenvalue weighted by molar-refractivity contribution is -0.117. The number of rotatable bonds is 4. The first-order valence-corrected chi connectivity index (χ1v) is 9.70. The number of pyridine rings is 1. The maximum atomic E-state index is 12.4. The molecule has 5 nitrogen and oxygen atoms in total. The predicted molar refractivity (Wildman–Crippen MR) is 117 cm³/mol. The number of fused-ring (bicyclic) bond motifs is 4. The molecule has 0 aliphatic carbocycles. The second-order valence-electron chi connectivity index (χ2n) is 7.97. The zero-order chi connectivity index (χ0) is 20.0. The van der Waals surface area contributed by atoms with Gasteiger partial charge < -0.3 is 15.6 Å². The van der Waals surface area contributed by atoms with Crippen molar-refractivity contribution in [2.24, 2.45) is 18.7 Å². The molecule has 0 aliphatic heterocycles. The first-order valence-electron chi connectivity index (χ1n) is 9.70. The van der Waals surface area contributed by atoms with E-state index in [2.05, 4.69) is 36.7 Å². The number of aryl methyl sites for hydroxylation is 2. The lowest BCUT2D eigenvalue weighted by Gasteiger charge is -2.14. The molecule has 1 amide bonds. The van der Waals surface area contributed by atoms with Crippen molar-refractivity contribution in [3.05, 3.63) is 48.0 Å². The molecule has 5 heteroatoms. The van der Waals surface area contributed by atoms with Gasteiger partial charge >= 0.3 is 0 Å². The van der Waals surface area contributed by atoms with Crippen LogP contribution in [-0.4, -0.2) is 21.5 Å². The molecule has 1 atom stereocenters. The summed E-state index contributed by atoms with van der Waals surface area (Å²) >= 11 is 0. The van der Waals surface area contributed by atoms with Gasteiger partial charge in [-0.05, 0) is 49.1 Å². The predicted octanol–water partition coefficient (Wildman–Crippen LogP) is 4.50. The maximum absolute atomic E-state index is 12.4. The number of carbonyl (C=O) groups is 1. The highest BCUT2D eigenvalue weighted by Gasteiger charge is 2.18. The third-order valence-electron chi connectivity index (χ3n) is 5.41. The number of nitrogens with one attached hydrogen (secondary N) is 1. The van der Waals surface area contributed by atoms with Gasteiger partial charge in [-0.25, -0.2) is 4.98 Å². The van der Waals surface area contributed by atoms with E-state index in [0.717, 1.165) is 38.5 Å². The quantitative estimate of drug-likeness (QED) is 0.552. The molecular weight excluding hydrogens is 348 g/mol. The van der Waals surface area contributed by atoms with Crippen molar-refractivity contribution < 1.29 is 4.79 Å². The summed E-state index contributed by atoms with van der Waals surface area (Å²) in [5.41, 5.74) is 11.0. The summed E-state index contributed by atoms with van der Waals surface area (Å²) in [6.45, 7) is 6.26. The fraction of sp³-hybridized carbons (Fsp3) is 0.304. The topological polar surface area (TPSA) is 72.9 Å². The van der Waals surface area contributed by atoms with Gasteiger partial charge in [0, 0.05) is 28.9 Å². The van der Waals surface area contributed by atoms with Crippen LogP contribution in [0.5, 0.6) is 0 Å². The first-order chi connectivity index (χ1) is 13.4. The van der Waals surface area contributed by atoms with E-state index >= 15 is 0 Å². The van der Waals surface area contributed by atoms with Crippen LogP contribution in [0.4, 0.5) is 5.69 Å². The maximum Gasteiger partial charge on any atom is 0.241 e. The Kier molecular flexibility index (Phi) is 4.55. The summed E-state index contributed by atoms with van der Waals surface area (Å²) in [5, 5.41) is 6.34. The molecule has 0 saturated carbocycles. The summed E-state index contributed by atoms with van der Waals surface area (Å²) in [7, 11) is 2.03. The zero-order valence-electron chi connectivity index (χ0n) is 16.8. The number of nitrogens with two attached hydrogens (primary N) is 1. The molecule has 2 aromatic carbocycles. The van der Waals surface area contributed by atoms with Gasteiger partial charge in [0.25, 0.3) is 0 Å². The lowest BCUT2D eigenvalue weighted by atomic mass is 10.0. The van der Waals surface area contributed by atoms with E-state index in [1.54, 1.807) is 0 Å². The van der Waals surface area contributed by atoms with Gasteiger partial charge in [0.15, 0.2) is 0 Å². The van der Waals surface area contributed by atoms with Crippen LogP contribution >= 0.6 is 0 Å². The summed E-state index contributed by atoms with van der Waals surface area (Å²) in [4.78, 5) is 17.3. The van der Waals surface area contributed by atoms with E-state index < -0.39 is 6.04 Å². The lowest BCUT2D eigenvalue weighted by Crippen LogP contribution is -2.36. The summed E-state index contributed by atoms with van der Waals surface area (Å²) < 4.78 is 2.11. The zero-order valence-corrected chi connectivity index (χ0v) is 16.8. The Balaban J connectivity index is 1.84. The van der Waals surface area contributed by atoms with Crippen LogP contribution in [0.25, 0.3) is 32.8 Å². The first kappa shape index (κ1) is 18.4. The molecule has 4 aromatic rings. The van der Waals surface area contributed by atoms with Gasteiger partial charge in [-0.3, -0.25) is 4.79 Å². The SMILES string of the molecule is Cc1c2ccccc2nc2c1c1cc(NC(=O)[C@@H](N)CC(C)C)ccc1n2C. The number of aromatic nitrogens is 2. The number of carbonyl (C=O) groups excluding carboxylic acids is 1. The molecule has 0 fully saturated rings. The number of hydrogen-bond donors (Lipinski definition) is 2. The number of amides is 1. The minimum atomic E-state index is -0.504. The van der Waals surface area contributed by atoms with Crippen LogP contribution in [0.1, 0.15) is 25.8 Å². The van der Waals surface area contributed by atoms with Crippen LogP contribution in [0.2, 0.25) is 0 Å². The van der Waals surface area contributed by atoms with Crippen LogP contribution < -0.4 is 11.1 Å². The number of para-hydroxylation sites is 1. The Morgan fingerprint density at radius 3 is 2.68 bits per heavy atom. The molecule has 4 rings (SSSR count). The number of nitrogens with zero attached hydrogens (tertiary/aromatic N) is 2. The summed E-state index contributed by atoms with van der Waals surface area (Å²) in [5.74, 6) is 0.233. The third-order valence-corrected chi connectivity index (χ3v) is 5.41. The fourth-order valence-electron chi connectivity index (χ4n) is 4.00. The molecular formula is C23H26N4O. The van der Waals surface area contributed by atoms with Crippen molar-refractivity contribution in [1.29, 1.82) is 0 Å². The third kappa shape index (κ3) is 3.02. The molecule has 0 radical (unpaired) electrons. The number of benzene rings is 2. The van der Waals surface area contributed by atoms with Gasteiger partial charge in [0.1, 0.15) is 5.65 Å². The smallest absolute Gasteiger partial charge is 0.241 e.